The summed E-state index contributed by atoms with van der Waals surface area (Å²) in [7, 11) is 0. The minimum absolute atomic E-state index is 0.0854. The van der Waals surface area contributed by atoms with Crippen LogP contribution in [0.3, 0.4) is 0 Å². The molecule has 0 spiro atoms. The van der Waals surface area contributed by atoms with E-state index in [1.165, 1.54) is 19.3 Å². The molecule has 226 valence electrons. The molecule has 1 saturated heterocycles. The fourth-order valence-electron chi connectivity index (χ4n) is 6.68. The molecule has 0 unspecified atom stereocenters. The molecule has 0 N–H and O–H groups in total. The van der Waals surface area contributed by atoms with E-state index in [1.54, 1.807) is 12.4 Å². The van der Waals surface area contributed by atoms with Crippen LogP contribution in [-0.4, -0.2) is 62.4 Å². The van der Waals surface area contributed by atoms with Gasteiger partial charge in [0.15, 0.2) is 5.78 Å². The molecule has 2 aliphatic heterocycles. The number of piperidine rings is 1. The lowest BCUT2D eigenvalue weighted by Gasteiger charge is -2.32. The van der Waals surface area contributed by atoms with Crippen molar-refractivity contribution in [2.24, 2.45) is 23.7 Å². The van der Waals surface area contributed by atoms with Gasteiger partial charge in [-0.25, -0.2) is 15.0 Å². The zero-order valence-electron chi connectivity index (χ0n) is 24.1. The standard InChI is InChI=1S/C32H36ClIN6O3/c33-24-16-35-32(36-17-24)38-8-5-20(6-9-38)26-13-22(26)7-12-43-25-4-3-23(27(34)15-25)14-30(41)40-11-10-39-18-28(37-29(39)19-40)31(42)21-1-2-21/h3-4,15-18,20-22,26H,1-2,5-14,19H2/t22-,26-/m1/s1. The maximum absolute atomic E-state index is 13.2. The molecule has 7 rings (SSSR count). The van der Waals surface area contributed by atoms with Crippen LogP contribution in [0.1, 0.15) is 60.4 Å². The van der Waals surface area contributed by atoms with Crippen LogP contribution in [0.4, 0.5) is 5.95 Å². The zero-order valence-corrected chi connectivity index (χ0v) is 27.0. The second-order valence-corrected chi connectivity index (χ2v) is 14.0. The number of aromatic nitrogens is 4. The highest BCUT2D eigenvalue weighted by molar-refractivity contribution is 14.1. The number of imidazole rings is 1. The molecule has 2 aliphatic carbocycles. The third-order valence-corrected chi connectivity index (χ3v) is 10.7. The number of anilines is 1. The van der Waals surface area contributed by atoms with E-state index in [-0.39, 0.29) is 17.6 Å². The molecular weight excluding hydrogens is 679 g/mol. The molecule has 2 atom stereocenters. The van der Waals surface area contributed by atoms with E-state index in [9.17, 15) is 9.59 Å². The van der Waals surface area contributed by atoms with Crippen molar-refractivity contribution in [3.63, 3.8) is 0 Å². The van der Waals surface area contributed by atoms with Crippen LogP contribution in [-0.2, 0) is 24.3 Å². The summed E-state index contributed by atoms with van der Waals surface area (Å²) in [6.45, 7) is 4.49. The number of benzene rings is 1. The van der Waals surface area contributed by atoms with Gasteiger partial charge >= 0.3 is 0 Å². The third-order valence-electron chi connectivity index (χ3n) is 9.49. The van der Waals surface area contributed by atoms with E-state index in [4.69, 9.17) is 16.3 Å². The minimum atomic E-state index is 0.0854. The second kappa shape index (κ2) is 12.3. The van der Waals surface area contributed by atoms with Crippen molar-refractivity contribution in [2.45, 2.75) is 58.0 Å². The number of Topliss-reactive ketones (excluding diaryl/α,β-unsaturated/α-hetero) is 1. The Bertz CT molecular complexity index is 1500. The quantitative estimate of drug-likeness (QED) is 0.204. The van der Waals surface area contributed by atoms with Gasteiger partial charge in [0.25, 0.3) is 0 Å². The Hall–Kier alpha value is -2.73. The van der Waals surface area contributed by atoms with Gasteiger partial charge in [-0.05, 0) is 96.6 Å². The first-order valence-corrected chi connectivity index (χ1v) is 16.9. The molecular formula is C32H36ClIN6O3. The van der Waals surface area contributed by atoms with Crippen molar-refractivity contribution in [2.75, 3.05) is 31.1 Å². The van der Waals surface area contributed by atoms with Crippen molar-refractivity contribution in [3.05, 3.63) is 62.5 Å². The fourth-order valence-corrected chi connectivity index (χ4v) is 7.45. The molecule has 0 bridgehead atoms. The van der Waals surface area contributed by atoms with Crippen LogP contribution in [0.15, 0.2) is 36.8 Å². The van der Waals surface area contributed by atoms with Crippen LogP contribution in [0.25, 0.3) is 0 Å². The van der Waals surface area contributed by atoms with Crippen LogP contribution in [0.5, 0.6) is 5.75 Å². The lowest BCUT2D eigenvalue weighted by Crippen LogP contribution is -2.39. The van der Waals surface area contributed by atoms with Crippen molar-refractivity contribution in [1.82, 2.24) is 24.4 Å². The first-order chi connectivity index (χ1) is 20.9. The molecule has 11 heteroatoms. The Kier molecular flexibility index (Phi) is 8.32. The Balaban J connectivity index is 0.842. The highest BCUT2D eigenvalue weighted by atomic mass is 127. The SMILES string of the molecule is O=C(c1cn2c(n1)CN(C(=O)Cc1ccc(OCC[C@@H]3C[C@@H]3C3CCN(c4ncc(Cl)cn4)CC3)cc1I)CC2)C1CC1. The molecule has 4 aliphatic rings. The summed E-state index contributed by atoms with van der Waals surface area (Å²) in [4.78, 5) is 43.0. The average molecular weight is 715 g/mol. The normalized spacial score (nSPS) is 21.9. The number of carbonyl (C=O) groups excluding carboxylic acids is 2. The number of nitrogens with zero attached hydrogens (tertiary/aromatic N) is 6. The summed E-state index contributed by atoms with van der Waals surface area (Å²) < 4.78 is 9.21. The number of rotatable bonds is 10. The Morgan fingerprint density at radius 1 is 1.05 bits per heavy atom. The highest BCUT2D eigenvalue weighted by Crippen LogP contribution is 2.50. The van der Waals surface area contributed by atoms with Crippen molar-refractivity contribution < 1.29 is 14.3 Å². The van der Waals surface area contributed by atoms with Crippen LogP contribution in [0.2, 0.25) is 5.02 Å². The summed E-state index contributed by atoms with van der Waals surface area (Å²) in [6.07, 6.45) is 12.3. The van der Waals surface area contributed by atoms with Gasteiger partial charge in [-0.15, -0.1) is 0 Å². The van der Waals surface area contributed by atoms with Gasteiger partial charge in [0.05, 0.1) is 37.0 Å². The first kappa shape index (κ1) is 29.0. The molecule has 43 heavy (non-hydrogen) atoms. The third kappa shape index (κ3) is 6.69. The van der Waals surface area contributed by atoms with Crippen molar-refractivity contribution >= 4 is 51.8 Å². The molecule has 3 aromatic rings. The topological polar surface area (TPSA) is 93.5 Å². The van der Waals surface area contributed by atoms with E-state index in [2.05, 4.69) is 42.4 Å². The van der Waals surface area contributed by atoms with E-state index < -0.39 is 0 Å². The monoisotopic (exact) mass is 714 g/mol. The Morgan fingerprint density at radius 3 is 2.58 bits per heavy atom. The van der Waals surface area contributed by atoms with E-state index in [0.29, 0.717) is 36.8 Å². The number of ether oxygens (including phenoxy) is 1. The number of hydrogen-bond acceptors (Lipinski definition) is 7. The molecule has 0 radical (unpaired) electrons. The molecule has 1 amide bonds. The number of fused-ring (bicyclic) bond motifs is 1. The lowest BCUT2D eigenvalue weighted by molar-refractivity contribution is -0.132. The first-order valence-electron chi connectivity index (χ1n) is 15.4. The predicted octanol–water partition coefficient (Wildman–Crippen LogP) is 5.43. The summed E-state index contributed by atoms with van der Waals surface area (Å²) in [5, 5.41) is 0.572. The molecule has 2 aromatic heterocycles. The van der Waals surface area contributed by atoms with Crippen molar-refractivity contribution in [1.29, 1.82) is 0 Å². The lowest BCUT2D eigenvalue weighted by atomic mass is 9.90. The smallest absolute Gasteiger partial charge is 0.227 e. The van der Waals surface area contributed by atoms with E-state index in [1.807, 2.05) is 33.9 Å². The largest absolute Gasteiger partial charge is 0.494 e. The second-order valence-electron chi connectivity index (χ2n) is 12.4. The number of amides is 1. The highest BCUT2D eigenvalue weighted by Gasteiger charge is 2.43. The number of hydrogen-bond donors (Lipinski definition) is 0. The molecule has 4 heterocycles. The Labute approximate surface area is 270 Å². The predicted molar refractivity (Wildman–Crippen MR) is 171 cm³/mol. The van der Waals surface area contributed by atoms with Gasteiger partial charge in [0.2, 0.25) is 11.9 Å². The molecule has 1 aromatic carbocycles. The van der Waals surface area contributed by atoms with Crippen LogP contribution in [0, 0.1) is 27.2 Å². The molecule has 2 saturated carbocycles. The summed E-state index contributed by atoms with van der Waals surface area (Å²) in [5.74, 6) is 5.17. The number of halogens is 2. The van der Waals surface area contributed by atoms with Gasteiger partial charge in [-0.2, -0.15) is 0 Å². The molecule has 3 fully saturated rings. The van der Waals surface area contributed by atoms with Gasteiger partial charge in [0, 0.05) is 41.9 Å². The minimum Gasteiger partial charge on any atom is -0.494 e. The maximum Gasteiger partial charge on any atom is 0.227 e. The van der Waals surface area contributed by atoms with Crippen molar-refractivity contribution in [3.8, 4) is 5.75 Å². The summed E-state index contributed by atoms with van der Waals surface area (Å²) in [6, 6.07) is 6.05. The fraction of sp³-hybridized carbons (Fsp3) is 0.531. The van der Waals surface area contributed by atoms with Gasteiger partial charge in [-0.3, -0.25) is 9.59 Å². The molecule has 9 nitrogen and oxygen atoms in total. The zero-order chi connectivity index (χ0) is 29.5. The Morgan fingerprint density at radius 2 is 1.84 bits per heavy atom. The van der Waals surface area contributed by atoms with Crippen LogP contribution >= 0.6 is 34.2 Å². The van der Waals surface area contributed by atoms with Gasteiger partial charge in [-0.1, -0.05) is 17.7 Å². The van der Waals surface area contributed by atoms with E-state index >= 15 is 0 Å². The van der Waals surface area contributed by atoms with Gasteiger partial charge < -0.3 is 19.1 Å². The summed E-state index contributed by atoms with van der Waals surface area (Å²) in [5.41, 5.74) is 1.56. The number of carbonyl (C=O) groups is 2. The summed E-state index contributed by atoms with van der Waals surface area (Å²) >= 11 is 8.24. The number of ketones is 1. The van der Waals surface area contributed by atoms with Crippen LogP contribution < -0.4 is 9.64 Å². The van der Waals surface area contributed by atoms with Gasteiger partial charge in [0.1, 0.15) is 17.3 Å². The maximum atomic E-state index is 13.2. The van der Waals surface area contributed by atoms with E-state index in [0.717, 1.165) is 83.4 Å². The average Bonchev–Trinajstić information content (AvgIpc) is 3.95.